The van der Waals surface area contributed by atoms with Gasteiger partial charge in [0.1, 0.15) is 5.15 Å². The lowest BCUT2D eigenvalue weighted by molar-refractivity contribution is -0.131. The number of hydrogen-bond donors (Lipinski definition) is 1. The first kappa shape index (κ1) is 15.8. The average Bonchev–Trinajstić information content (AvgIpc) is 2.65. The summed E-state index contributed by atoms with van der Waals surface area (Å²) in [7, 11) is 3.53. The van der Waals surface area contributed by atoms with Crippen LogP contribution in [0.3, 0.4) is 0 Å². The van der Waals surface area contributed by atoms with Gasteiger partial charge in [0.15, 0.2) is 0 Å². The zero-order valence-corrected chi connectivity index (χ0v) is 13.6. The molecule has 1 heterocycles. The zero-order chi connectivity index (χ0) is 14.9. The first-order valence-corrected chi connectivity index (χ1v) is 7.68. The third kappa shape index (κ3) is 2.87. The van der Waals surface area contributed by atoms with E-state index in [4.69, 9.17) is 16.3 Å². The number of nitrogens with zero attached hydrogens (tertiary/aromatic N) is 2. The highest BCUT2D eigenvalue weighted by Gasteiger charge is 2.42. The molecule has 0 amide bonds. The van der Waals surface area contributed by atoms with Crippen molar-refractivity contribution in [2.24, 2.45) is 13.0 Å². The highest BCUT2D eigenvalue weighted by Crippen LogP contribution is 2.39. The van der Waals surface area contributed by atoms with Crippen molar-refractivity contribution in [3.63, 3.8) is 0 Å². The third-order valence-corrected chi connectivity index (χ3v) is 5.14. The van der Waals surface area contributed by atoms with E-state index in [0.29, 0.717) is 17.5 Å². The first-order chi connectivity index (χ1) is 9.39. The minimum Gasteiger partial charge on any atom is -0.390 e. The number of aryl methyl sites for hydroxylation is 2. The number of aliphatic hydroxyl groups is 1. The predicted octanol–water partition coefficient (Wildman–Crippen LogP) is 2.88. The van der Waals surface area contributed by atoms with Crippen LogP contribution in [0, 0.1) is 12.8 Å². The topological polar surface area (TPSA) is 47.3 Å². The predicted molar refractivity (Wildman–Crippen MR) is 80.0 cm³/mol. The van der Waals surface area contributed by atoms with Crippen LogP contribution in [0.2, 0.25) is 5.15 Å². The second kappa shape index (κ2) is 6.04. The van der Waals surface area contributed by atoms with E-state index in [0.717, 1.165) is 30.5 Å². The molecular formula is C15H25ClN2O2. The average molecular weight is 301 g/mol. The van der Waals surface area contributed by atoms with Crippen molar-refractivity contribution in [3.05, 3.63) is 16.4 Å². The first-order valence-electron chi connectivity index (χ1n) is 7.31. The normalized spacial score (nSPS) is 28.6. The second-order valence-corrected chi connectivity index (χ2v) is 6.53. The van der Waals surface area contributed by atoms with E-state index in [1.165, 1.54) is 6.42 Å². The molecule has 1 aliphatic carbocycles. The highest BCUT2D eigenvalue weighted by atomic mass is 35.5. The number of halogens is 1. The molecule has 0 spiro atoms. The lowest BCUT2D eigenvalue weighted by atomic mass is 9.74. The number of rotatable bonds is 4. The highest BCUT2D eigenvalue weighted by molar-refractivity contribution is 6.30. The Morgan fingerprint density at radius 2 is 2.30 bits per heavy atom. The van der Waals surface area contributed by atoms with Crippen LogP contribution in [-0.4, -0.2) is 33.7 Å². The largest absolute Gasteiger partial charge is 0.390 e. The van der Waals surface area contributed by atoms with Gasteiger partial charge in [-0.2, -0.15) is 5.10 Å². The van der Waals surface area contributed by atoms with Crippen molar-refractivity contribution in [3.8, 4) is 0 Å². The fraction of sp³-hybridized carbons (Fsp3) is 0.800. The maximum Gasteiger partial charge on any atom is 0.130 e. The fourth-order valence-electron chi connectivity index (χ4n) is 3.45. The van der Waals surface area contributed by atoms with Crippen molar-refractivity contribution in [2.75, 3.05) is 7.11 Å². The molecule has 0 aliphatic heterocycles. The lowest BCUT2D eigenvalue weighted by Gasteiger charge is -2.42. The van der Waals surface area contributed by atoms with Crippen molar-refractivity contribution < 1.29 is 9.84 Å². The Kier molecular flexibility index (Phi) is 4.77. The van der Waals surface area contributed by atoms with Crippen LogP contribution < -0.4 is 0 Å². The Morgan fingerprint density at radius 1 is 1.60 bits per heavy atom. The number of aliphatic hydroxyl groups excluding tert-OH is 1. The van der Waals surface area contributed by atoms with Crippen LogP contribution >= 0.6 is 11.6 Å². The lowest BCUT2D eigenvalue weighted by Crippen LogP contribution is -2.48. The molecule has 3 unspecified atom stereocenters. The fourth-order valence-corrected chi connectivity index (χ4v) is 3.70. The van der Waals surface area contributed by atoms with E-state index < -0.39 is 11.7 Å². The van der Waals surface area contributed by atoms with E-state index in [2.05, 4.69) is 12.0 Å². The Labute approximate surface area is 126 Å². The van der Waals surface area contributed by atoms with Gasteiger partial charge in [-0.25, -0.2) is 0 Å². The SMILES string of the molecule is COC1(C(O)Cc2c(C)nn(C)c2Cl)CCCC(C)C1. The van der Waals surface area contributed by atoms with Gasteiger partial charge in [0.25, 0.3) is 0 Å². The summed E-state index contributed by atoms with van der Waals surface area (Å²) >= 11 is 6.26. The molecule has 1 aromatic rings. The standard InChI is InChI=1S/C15H25ClN2O2/c1-10-6-5-7-15(9-10,20-4)13(19)8-12-11(2)17-18(3)14(12)16/h10,13,19H,5-9H2,1-4H3. The molecule has 5 heteroatoms. The van der Waals surface area contributed by atoms with Gasteiger partial charge in [-0.1, -0.05) is 31.4 Å². The van der Waals surface area contributed by atoms with Crippen LogP contribution in [-0.2, 0) is 18.2 Å². The molecule has 1 N–H and O–H groups in total. The van der Waals surface area contributed by atoms with E-state index in [-0.39, 0.29) is 0 Å². The van der Waals surface area contributed by atoms with Gasteiger partial charge in [0, 0.05) is 26.1 Å². The Morgan fingerprint density at radius 3 is 2.80 bits per heavy atom. The molecule has 4 nitrogen and oxygen atoms in total. The van der Waals surface area contributed by atoms with E-state index in [1.54, 1.807) is 11.8 Å². The van der Waals surface area contributed by atoms with Crippen molar-refractivity contribution in [2.45, 2.75) is 57.7 Å². The molecule has 0 saturated heterocycles. The molecule has 1 fully saturated rings. The number of methoxy groups -OCH3 is 1. The molecule has 3 atom stereocenters. The van der Waals surface area contributed by atoms with E-state index in [9.17, 15) is 5.11 Å². The molecule has 1 saturated carbocycles. The molecule has 114 valence electrons. The maximum absolute atomic E-state index is 10.7. The van der Waals surface area contributed by atoms with Gasteiger partial charge in [0.05, 0.1) is 17.4 Å². The van der Waals surface area contributed by atoms with Crippen LogP contribution in [0.15, 0.2) is 0 Å². The molecular weight excluding hydrogens is 276 g/mol. The Balaban J connectivity index is 2.19. The third-order valence-electron chi connectivity index (χ3n) is 4.67. The summed E-state index contributed by atoms with van der Waals surface area (Å²) in [5.41, 5.74) is 1.37. The zero-order valence-electron chi connectivity index (χ0n) is 12.8. The summed E-state index contributed by atoms with van der Waals surface area (Å²) in [6.45, 7) is 4.15. The molecule has 1 aliphatic rings. The number of ether oxygens (including phenoxy) is 1. The Bertz CT molecular complexity index is 475. The summed E-state index contributed by atoms with van der Waals surface area (Å²) in [5, 5.41) is 15.6. The van der Waals surface area contributed by atoms with E-state index >= 15 is 0 Å². The van der Waals surface area contributed by atoms with Gasteiger partial charge < -0.3 is 9.84 Å². The second-order valence-electron chi connectivity index (χ2n) is 6.17. The van der Waals surface area contributed by atoms with Gasteiger partial charge in [0.2, 0.25) is 0 Å². The van der Waals surface area contributed by atoms with Crippen LogP contribution in [0.1, 0.15) is 43.9 Å². The quantitative estimate of drug-likeness (QED) is 0.930. The minimum atomic E-state index is -0.546. The molecule has 2 rings (SSSR count). The number of aromatic nitrogens is 2. The molecule has 0 bridgehead atoms. The van der Waals surface area contributed by atoms with Crippen molar-refractivity contribution in [1.82, 2.24) is 9.78 Å². The van der Waals surface area contributed by atoms with Crippen LogP contribution in [0.25, 0.3) is 0 Å². The monoisotopic (exact) mass is 300 g/mol. The van der Waals surface area contributed by atoms with Crippen LogP contribution in [0.4, 0.5) is 0 Å². The van der Waals surface area contributed by atoms with Gasteiger partial charge in [-0.15, -0.1) is 0 Å². The van der Waals surface area contributed by atoms with Gasteiger partial charge in [-0.3, -0.25) is 4.68 Å². The van der Waals surface area contributed by atoms with Crippen molar-refractivity contribution >= 4 is 11.6 Å². The summed E-state index contributed by atoms with van der Waals surface area (Å²) in [4.78, 5) is 0. The minimum absolute atomic E-state index is 0.441. The summed E-state index contributed by atoms with van der Waals surface area (Å²) in [6, 6.07) is 0. The van der Waals surface area contributed by atoms with Crippen LogP contribution in [0.5, 0.6) is 0 Å². The number of hydrogen-bond acceptors (Lipinski definition) is 3. The smallest absolute Gasteiger partial charge is 0.130 e. The van der Waals surface area contributed by atoms with Gasteiger partial charge >= 0.3 is 0 Å². The summed E-state index contributed by atoms with van der Waals surface area (Å²) < 4.78 is 7.40. The van der Waals surface area contributed by atoms with E-state index in [1.807, 2.05) is 14.0 Å². The molecule has 0 radical (unpaired) electrons. The maximum atomic E-state index is 10.7. The molecule has 1 aromatic heterocycles. The summed E-state index contributed by atoms with van der Waals surface area (Å²) in [5.74, 6) is 0.587. The molecule has 20 heavy (non-hydrogen) atoms. The van der Waals surface area contributed by atoms with Crippen molar-refractivity contribution in [1.29, 1.82) is 0 Å². The van der Waals surface area contributed by atoms with Gasteiger partial charge in [-0.05, 0) is 25.7 Å². The Hall–Kier alpha value is -0.580. The summed E-state index contributed by atoms with van der Waals surface area (Å²) in [6.07, 6.45) is 4.08. The molecule has 0 aromatic carbocycles.